The van der Waals surface area contributed by atoms with Crippen molar-refractivity contribution in [2.24, 2.45) is 5.73 Å². The van der Waals surface area contributed by atoms with Crippen LogP contribution in [0.25, 0.3) is 0 Å². The van der Waals surface area contributed by atoms with Crippen LogP contribution in [0, 0.1) is 0 Å². The number of benzene rings is 1. The van der Waals surface area contributed by atoms with E-state index in [0.717, 1.165) is 19.6 Å². The van der Waals surface area contributed by atoms with Crippen molar-refractivity contribution in [3.8, 4) is 0 Å². The van der Waals surface area contributed by atoms with Crippen LogP contribution in [0.2, 0.25) is 0 Å². The molecular formula is C14H25N3S. The van der Waals surface area contributed by atoms with Crippen molar-refractivity contribution in [1.29, 1.82) is 0 Å². The van der Waals surface area contributed by atoms with Crippen molar-refractivity contribution in [1.82, 2.24) is 10.0 Å². The highest BCUT2D eigenvalue weighted by Gasteiger charge is 2.12. The Morgan fingerprint density at radius 2 is 1.72 bits per heavy atom. The highest BCUT2D eigenvalue weighted by molar-refractivity contribution is 7.97. The molecule has 0 radical (unpaired) electrons. The lowest BCUT2D eigenvalue weighted by molar-refractivity contribution is 0.589. The topological polar surface area (TPSA) is 50.1 Å². The number of hydrogen-bond acceptors (Lipinski definition) is 4. The Hall–Kier alpha value is -0.550. The second kappa shape index (κ2) is 7.79. The zero-order chi connectivity index (χ0) is 13.4. The number of rotatable bonds is 7. The Bertz CT molecular complexity index is 330. The Balaban J connectivity index is 2.27. The van der Waals surface area contributed by atoms with Gasteiger partial charge in [0.05, 0.1) is 0 Å². The first-order valence-electron chi connectivity index (χ1n) is 6.45. The summed E-state index contributed by atoms with van der Waals surface area (Å²) in [6, 6.07) is 8.75. The summed E-state index contributed by atoms with van der Waals surface area (Å²) >= 11 is 1.68. The first-order valence-corrected chi connectivity index (χ1v) is 7.27. The van der Waals surface area contributed by atoms with Crippen LogP contribution in [0.15, 0.2) is 29.2 Å². The lowest BCUT2D eigenvalue weighted by Gasteiger charge is -2.19. The molecule has 0 unspecified atom stereocenters. The number of hydrogen-bond donors (Lipinski definition) is 3. The van der Waals surface area contributed by atoms with Crippen molar-refractivity contribution < 1.29 is 0 Å². The average Bonchev–Trinajstić information content (AvgIpc) is 2.33. The van der Waals surface area contributed by atoms with Gasteiger partial charge in [-0.05, 0) is 35.1 Å². The van der Waals surface area contributed by atoms with Gasteiger partial charge in [0, 0.05) is 31.1 Å². The van der Waals surface area contributed by atoms with E-state index in [1.165, 1.54) is 10.5 Å². The molecule has 0 aromatic heterocycles. The summed E-state index contributed by atoms with van der Waals surface area (Å²) in [5.74, 6) is 0. The van der Waals surface area contributed by atoms with E-state index in [0.29, 0.717) is 6.54 Å². The molecule has 1 aromatic rings. The molecule has 102 valence electrons. The third kappa shape index (κ3) is 5.87. The van der Waals surface area contributed by atoms with Gasteiger partial charge in [0.25, 0.3) is 0 Å². The lowest BCUT2D eigenvalue weighted by Crippen LogP contribution is -2.28. The molecule has 1 rings (SSSR count). The van der Waals surface area contributed by atoms with Gasteiger partial charge in [0.2, 0.25) is 0 Å². The first-order chi connectivity index (χ1) is 8.54. The molecule has 0 saturated heterocycles. The van der Waals surface area contributed by atoms with Crippen molar-refractivity contribution in [3.05, 3.63) is 29.8 Å². The van der Waals surface area contributed by atoms with Gasteiger partial charge >= 0.3 is 0 Å². The van der Waals surface area contributed by atoms with Gasteiger partial charge in [-0.1, -0.05) is 32.9 Å². The highest BCUT2D eigenvalue weighted by Crippen LogP contribution is 2.24. The minimum absolute atomic E-state index is 0.225. The monoisotopic (exact) mass is 267 g/mol. The zero-order valence-electron chi connectivity index (χ0n) is 11.6. The maximum Gasteiger partial charge on any atom is 0.0228 e. The van der Waals surface area contributed by atoms with E-state index in [-0.39, 0.29) is 5.41 Å². The summed E-state index contributed by atoms with van der Waals surface area (Å²) in [5, 5.41) is 3.25. The Labute approximate surface area is 115 Å². The van der Waals surface area contributed by atoms with Crippen LogP contribution >= 0.6 is 11.9 Å². The quantitative estimate of drug-likeness (QED) is 0.523. The van der Waals surface area contributed by atoms with E-state index in [2.05, 4.69) is 55.1 Å². The summed E-state index contributed by atoms with van der Waals surface area (Å²) in [4.78, 5) is 1.25. The van der Waals surface area contributed by atoms with Crippen LogP contribution in [0.5, 0.6) is 0 Å². The van der Waals surface area contributed by atoms with Crippen molar-refractivity contribution >= 4 is 11.9 Å². The molecule has 0 bridgehead atoms. The SMILES string of the molecule is CC(C)(C)c1ccc(SNCCNCCN)cc1. The van der Waals surface area contributed by atoms with Gasteiger partial charge in [-0.25, -0.2) is 0 Å². The van der Waals surface area contributed by atoms with Gasteiger partial charge in [-0.3, -0.25) is 4.72 Å². The number of nitrogens with two attached hydrogens (primary N) is 1. The molecule has 0 atom stereocenters. The normalized spacial score (nSPS) is 11.8. The molecule has 18 heavy (non-hydrogen) atoms. The lowest BCUT2D eigenvalue weighted by atomic mass is 9.87. The molecule has 4 N–H and O–H groups in total. The fourth-order valence-electron chi connectivity index (χ4n) is 1.52. The third-order valence-corrected chi connectivity index (χ3v) is 3.49. The summed E-state index contributed by atoms with van der Waals surface area (Å²) in [7, 11) is 0. The predicted molar refractivity (Wildman–Crippen MR) is 80.9 cm³/mol. The minimum atomic E-state index is 0.225. The van der Waals surface area contributed by atoms with E-state index in [4.69, 9.17) is 5.73 Å². The molecule has 1 aromatic carbocycles. The van der Waals surface area contributed by atoms with E-state index in [9.17, 15) is 0 Å². The molecule has 3 nitrogen and oxygen atoms in total. The molecule has 0 fully saturated rings. The fourth-order valence-corrected chi connectivity index (χ4v) is 2.17. The van der Waals surface area contributed by atoms with E-state index in [1.807, 2.05) is 0 Å². The van der Waals surface area contributed by atoms with E-state index in [1.54, 1.807) is 11.9 Å². The van der Waals surface area contributed by atoms with Crippen LogP contribution in [0.1, 0.15) is 26.3 Å². The molecular weight excluding hydrogens is 242 g/mol. The Morgan fingerprint density at radius 1 is 1.06 bits per heavy atom. The molecule has 0 spiro atoms. The maximum absolute atomic E-state index is 5.40. The third-order valence-electron chi connectivity index (χ3n) is 2.64. The summed E-state index contributed by atoms with van der Waals surface area (Å²) in [5.41, 5.74) is 6.99. The van der Waals surface area contributed by atoms with Gasteiger partial charge in [-0.15, -0.1) is 0 Å². The molecule has 0 aliphatic heterocycles. The van der Waals surface area contributed by atoms with Crippen molar-refractivity contribution in [2.45, 2.75) is 31.1 Å². The van der Waals surface area contributed by atoms with Gasteiger partial charge in [0.1, 0.15) is 0 Å². The van der Waals surface area contributed by atoms with E-state index >= 15 is 0 Å². The molecule has 0 heterocycles. The summed E-state index contributed by atoms with van der Waals surface area (Å²) in [6.07, 6.45) is 0. The first kappa shape index (κ1) is 15.5. The maximum atomic E-state index is 5.40. The van der Waals surface area contributed by atoms with Crippen molar-refractivity contribution in [2.75, 3.05) is 26.2 Å². The molecule has 0 aliphatic carbocycles. The smallest absolute Gasteiger partial charge is 0.0228 e. The van der Waals surface area contributed by atoms with Crippen LogP contribution in [0.3, 0.4) is 0 Å². The minimum Gasteiger partial charge on any atom is -0.329 e. The Kier molecular flexibility index (Phi) is 6.71. The second-order valence-electron chi connectivity index (χ2n) is 5.31. The predicted octanol–water partition coefficient (Wildman–Crippen LogP) is 2.13. The van der Waals surface area contributed by atoms with Crippen LogP contribution in [-0.4, -0.2) is 26.2 Å². The highest BCUT2D eigenvalue weighted by atomic mass is 32.2. The fraction of sp³-hybridized carbons (Fsp3) is 0.571. The van der Waals surface area contributed by atoms with Crippen LogP contribution in [0.4, 0.5) is 0 Å². The molecule has 4 heteroatoms. The summed E-state index contributed by atoms with van der Waals surface area (Å²) < 4.78 is 3.33. The van der Waals surface area contributed by atoms with Crippen molar-refractivity contribution in [3.63, 3.8) is 0 Å². The van der Waals surface area contributed by atoms with Gasteiger partial charge in [-0.2, -0.15) is 0 Å². The molecule has 0 amide bonds. The van der Waals surface area contributed by atoms with Crippen LogP contribution < -0.4 is 15.8 Å². The van der Waals surface area contributed by atoms with Gasteiger partial charge in [0.15, 0.2) is 0 Å². The second-order valence-corrected chi connectivity index (χ2v) is 6.27. The number of nitrogens with one attached hydrogen (secondary N) is 2. The van der Waals surface area contributed by atoms with Gasteiger partial charge < -0.3 is 11.1 Å². The Morgan fingerprint density at radius 3 is 2.28 bits per heavy atom. The summed E-state index contributed by atoms with van der Waals surface area (Å²) in [6.45, 7) is 10.2. The standard InChI is InChI=1S/C14H25N3S/c1-14(2,3)12-4-6-13(7-5-12)18-17-11-10-16-9-8-15/h4-7,16-17H,8-11,15H2,1-3H3. The zero-order valence-corrected chi connectivity index (χ0v) is 12.4. The largest absolute Gasteiger partial charge is 0.329 e. The van der Waals surface area contributed by atoms with E-state index < -0.39 is 0 Å². The molecule has 0 aliphatic rings. The average molecular weight is 267 g/mol. The van der Waals surface area contributed by atoms with Crippen LogP contribution in [-0.2, 0) is 5.41 Å². The molecule has 0 saturated carbocycles.